The molecule has 0 saturated carbocycles. The summed E-state index contributed by atoms with van der Waals surface area (Å²) in [6, 6.07) is 0. The van der Waals surface area contributed by atoms with Gasteiger partial charge in [-0.3, -0.25) is 4.57 Å². The van der Waals surface area contributed by atoms with Crippen LogP contribution in [0.15, 0.2) is 12.1 Å². The molecule has 0 aromatic carbocycles. The molecule has 0 radical (unpaired) electrons. The standard InChI is InChI=1S/C2H4FO2P/c1-2(3)6(4)5/h6H,1H2,(H,4,5). The molecule has 0 aromatic heterocycles. The summed E-state index contributed by atoms with van der Waals surface area (Å²) >= 11 is 0. The average molecular weight is 110 g/mol. The van der Waals surface area contributed by atoms with E-state index in [1.165, 1.54) is 0 Å². The predicted molar refractivity (Wildman–Crippen MR) is 21.5 cm³/mol. The zero-order chi connectivity index (χ0) is 5.15. The van der Waals surface area contributed by atoms with E-state index in [1.807, 2.05) is 0 Å². The fourth-order valence-electron chi connectivity index (χ4n) is 0. The molecule has 1 unspecified atom stereocenters. The molecule has 0 spiro atoms. The van der Waals surface area contributed by atoms with Gasteiger partial charge in [-0.25, -0.2) is 4.39 Å². The highest BCUT2D eigenvalue weighted by molar-refractivity contribution is 7.42. The van der Waals surface area contributed by atoms with Gasteiger partial charge >= 0.3 is 0 Å². The van der Waals surface area contributed by atoms with Gasteiger partial charge in [0, 0.05) is 0 Å². The second kappa shape index (κ2) is 2.11. The topological polar surface area (TPSA) is 37.3 Å². The van der Waals surface area contributed by atoms with Crippen molar-refractivity contribution in [2.45, 2.75) is 0 Å². The van der Waals surface area contributed by atoms with Gasteiger partial charge in [0.25, 0.3) is 0 Å². The third kappa shape index (κ3) is 2.12. The van der Waals surface area contributed by atoms with Crippen LogP contribution in [-0.4, -0.2) is 4.89 Å². The Kier molecular flexibility index (Phi) is 2.06. The summed E-state index contributed by atoms with van der Waals surface area (Å²) in [4.78, 5) is 7.70. The van der Waals surface area contributed by atoms with Crippen LogP contribution in [0.3, 0.4) is 0 Å². The molecule has 2 nitrogen and oxygen atoms in total. The molecule has 0 amide bonds. The van der Waals surface area contributed by atoms with Gasteiger partial charge in [0.15, 0.2) is 5.57 Å². The van der Waals surface area contributed by atoms with Crippen molar-refractivity contribution in [3.63, 3.8) is 0 Å². The van der Waals surface area contributed by atoms with Crippen molar-refractivity contribution < 1.29 is 13.8 Å². The summed E-state index contributed by atoms with van der Waals surface area (Å²) in [6.07, 6.45) is 0. The predicted octanol–water partition coefficient (Wildman–Crippen LogP) is 0.894. The molecule has 6 heavy (non-hydrogen) atoms. The largest absolute Gasteiger partial charge is 0.342 e. The van der Waals surface area contributed by atoms with Crippen LogP contribution in [0.2, 0.25) is 0 Å². The highest BCUT2D eigenvalue weighted by atomic mass is 31.1. The van der Waals surface area contributed by atoms with Crippen molar-refractivity contribution in [3.8, 4) is 0 Å². The minimum Gasteiger partial charge on any atom is -0.342 e. The molecule has 0 aromatic rings. The van der Waals surface area contributed by atoms with Crippen LogP contribution in [0, 0.1) is 0 Å². The van der Waals surface area contributed by atoms with Crippen LogP contribution in [0.1, 0.15) is 0 Å². The normalized spacial score (nSPS) is 13.7. The highest BCUT2D eigenvalue weighted by Gasteiger charge is 1.91. The molecule has 4 heteroatoms. The van der Waals surface area contributed by atoms with E-state index in [2.05, 4.69) is 6.58 Å². The number of rotatable bonds is 1. The Labute approximate surface area is 35.2 Å². The van der Waals surface area contributed by atoms with E-state index in [4.69, 9.17) is 4.89 Å². The van der Waals surface area contributed by atoms with E-state index in [-0.39, 0.29) is 0 Å². The Balaban J connectivity index is 3.57. The van der Waals surface area contributed by atoms with Gasteiger partial charge in [-0.1, -0.05) is 6.58 Å². The first-order valence-corrected chi connectivity index (χ1v) is 2.58. The molecule has 0 rings (SSSR count). The summed E-state index contributed by atoms with van der Waals surface area (Å²) in [5.74, 6) is 0. The molecular weight excluding hydrogens is 106 g/mol. The number of hydrogen-bond acceptors (Lipinski definition) is 1. The Morgan fingerprint density at radius 1 is 2.00 bits per heavy atom. The van der Waals surface area contributed by atoms with Gasteiger partial charge in [-0.2, -0.15) is 0 Å². The summed E-state index contributed by atoms with van der Waals surface area (Å²) in [6.45, 7) is 2.57. The molecule has 0 bridgehead atoms. The average Bonchev–Trinajstić information content (AvgIpc) is 1.36. The molecule has 0 fully saturated rings. The fourth-order valence-corrected chi connectivity index (χ4v) is 0. The minimum absolute atomic E-state index is 1.14. The van der Waals surface area contributed by atoms with E-state index in [0.717, 1.165) is 0 Å². The maximum atomic E-state index is 11.1. The Bertz CT molecular complexity index is 77.5. The van der Waals surface area contributed by atoms with E-state index < -0.39 is 13.6 Å². The molecule has 0 saturated heterocycles. The van der Waals surface area contributed by atoms with Gasteiger partial charge in [0.05, 0.1) is 0 Å². The molecular formula is C2H4FO2P. The zero-order valence-electron chi connectivity index (χ0n) is 2.94. The number of halogens is 1. The monoisotopic (exact) mass is 110 g/mol. The Morgan fingerprint density at radius 2 is 2.17 bits per heavy atom. The Morgan fingerprint density at radius 3 is 2.17 bits per heavy atom. The first-order chi connectivity index (χ1) is 2.64. The quantitative estimate of drug-likeness (QED) is 0.509. The van der Waals surface area contributed by atoms with Gasteiger partial charge in [0.2, 0.25) is 8.03 Å². The van der Waals surface area contributed by atoms with Crippen LogP contribution >= 0.6 is 8.03 Å². The van der Waals surface area contributed by atoms with Crippen LogP contribution in [0.25, 0.3) is 0 Å². The third-order valence-corrected chi connectivity index (χ3v) is 0.696. The molecule has 0 aliphatic carbocycles. The summed E-state index contributed by atoms with van der Waals surface area (Å²) < 4.78 is 20.5. The first kappa shape index (κ1) is 5.86. The summed E-state index contributed by atoms with van der Waals surface area (Å²) in [5, 5.41) is 0. The molecule has 1 atom stereocenters. The summed E-state index contributed by atoms with van der Waals surface area (Å²) in [5.41, 5.74) is -1.14. The van der Waals surface area contributed by atoms with Crippen molar-refractivity contribution >= 4 is 8.03 Å². The van der Waals surface area contributed by atoms with Crippen molar-refractivity contribution in [1.29, 1.82) is 0 Å². The van der Waals surface area contributed by atoms with Gasteiger partial charge < -0.3 is 4.89 Å². The zero-order valence-corrected chi connectivity index (χ0v) is 3.94. The number of hydrogen-bond donors (Lipinski definition) is 1. The lowest BCUT2D eigenvalue weighted by molar-refractivity contribution is 0.494. The molecule has 1 N–H and O–H groups in total. The molecule has 36 valence electrons. The van der Waals surface area contributed by atoms with E-state index in [1.54, 1.807) is 0 Å². The minimum atomic E-state index is -3.06. The van der Waals surface area contributed by atoms with E-state index >= 15 is 0 Å². The first-order valence-electron chi connectivity index (χ1n) is 1.22. The van der Waals surface area contributed by atoms with Crippen molar-refractivity contribution in [1.82, 2.24) is 0 Å². The maximum absolute atomic E-state index is 11.1. The second-order valence-corrected chi connectivity index (χ2v) is 1.86. The van der Waals surface area contributed by atoms with E-state index in [9.17, 15) is 8.96 Å². The van der Waals surface area contributed by atoms with Crippen molar-refractivity contribution in [3.05, 3.63) is 12.1 Å². The second-order valence-electron chi connectivity index (χ2n) is 0.710. The van der Waals surface area contributed by atoms with Gasteiger partial charge in [-0.05, 0) is 0 Å². The molecule has 0 aliphatic heterocycles. The fraction of sp³-hybridized carbons (Fsp3) is 0. The molecule has 0 heterocycles. The van der Waals surface area contributed by atoms with Crippen LogP contribution in [0.4, 0.5) is 4.39 Å². The Hall–Kier alpha value is -0.140. The van der Waals surface area contributed by atoms with Crippen LogP contribution in [-0.2, 0) is 4.57 Å². The lowest BCUT2D eigenvalue weighted by atomic mass is 11.2. The highest BCUT2D eigenvalue weighted by Crippen LogP contribution is 2.24. The van der Waals surface area contributed by atoms with Crippen LogP contribution < -0.4 is 0 Å². The lowest BCUT2D eigenvalue weighted by Crippen LogP contribution is -1.51. The van der Waals surface area contributed by atoms with Crippen LogP contribution in [0.5, 0.6) is 0 Å². The van der Waals surface area contributed by atoms with Crippen molar-refractivity contribution in [2.75, 3.05) is 0 Å². The van der Waals surface area contributed by atoms with Crippen molar-refractivity contribution in [2.24, 2.45) is 0 Å². The summed E-state index contributed by atoms with van der Waals surface area (Å²) in [7, 11) is -3.06. The smallest absolute Gasteiger partial charge is 0.245 e. The SMILES string of the molecule is C=C(F)[PH](=O)O. The maximum Gasteiger partial charge on any atom is 0.245 e. The van der Waals surface area contributed by atoms with Gasteiger partial charge in [-0.15, -0.1) is 0 Å². The molecule has 0 aliphatic rings. The third-order valence-electron chi connectivity index (χ3n) is 0.232. The lowest BCUT2D eigenvalue weighted by Gasteiger charge is -1.77. The van der Waals surface area contributed by atoms with E-state index in [0.29, 0.717) is 0 Å². The van der Waals surface area contributed by atoms with Gasteiger partial charge in [0.1, 0.15) is 0 Å².